The lowest BCUT2D eigenvalue weighted by atomic mass is 10.3. The van der Waals surface area contributed by atoms with E-state index in [2.05, 4.69) is 0 Å². The van der Waals surface area contributed by atoms with Crippen LogP contribution in [0, 0.1) is 20.9 Å². The highest BCUT2D eigenvalue weighted by atomic mass is 35.5. The van der Waals surface area contributed by atoms with E-state index in [9.17, 15) is 10.1 Å². The molecule has 0 fully saturated rings. The summed E-state index contributed by atoms with van der Waals surface area (Å²) in [5.41, 5.74) is 5.90. The molecule has 0 saturated carbocycles. The molecule has 70 valence electrons. The first-order valence-corrected chi connectivity index (χ1v) is 2.90. The average molecular weight is 203 g/mol. The molecule has 0 heterocycles. The number of halogens is 1. The second-order valence-electron chi connectivity index (χ2n) is 1.85. The third-order valence-electron chi connectivity index (χ3n) is 1.10. The number of hydrogen-bond acceptors (Lipinski definition) is 5. The molecule has 0 amide bonds. The van der Waals surface area contributed by atoms with Crippen LogP contribution in [0.1, 0.15) is 0 Å². The van der Waals surface area contributed by atoms with Gasteiger partial charge in [0.15, 0.2) is 0 Å². The van der Waals surface area contributed by atoms with Crippen LogP contribution >= 0.6 is 12.4 Å². The van der Waals surface area contributed by atoms with Crippen LogP contribution in [0.25, 0.3) is 0 Å². The van der Waals surface area contributed by atoms with E-state index in [1.165, 1.54) is 24.3 Å². The van der Waals surface area contributed by atoms with Crippen LogP contribution in [0.3, 0.4) is 0 Å². The predicted molar refractivity (Wildman–Crippen MR) is 48.2 cm³/mol. The minimum absolute atomic E-state index is 0. The first-order chi connectivity index (χ1) is 5.70. The van der Waals surface area contributed by atoms with Gasteiger partial charge in [-0.25, -0.2) is 0 Å². The van der Waals surface area contributed by atoms with E-state index >= 15 is 0 Å². The number of nitrogen functional groups attached to an aromatic ring is 1. The summed E-state index contributed by atoms with van der Waals surface area (Å²) in [4.78, 5) is 9.62. The third-order valence-corrected chi connectivity index (χ3v) is 1.10. The van der Waals surface area contributed by atoms with Crippen molar-refractivity contribution in [2.75, 3.05) is 5.73 Å². The number of rotatable bonds is 1. The van der Waals surface area contributed by atoms with Gasteiger partial charge in [-0.2, -0.15) is 0 Å². The molecule has 0 bridgehead atoms. The summed E-state index contributed by atoms with van der Waals surface area (Å²) in [6.45, 7) is 0. The van der Waals surface area contributed by atoms with Gasteiger partial charge >= 0.3 is 0 Å². The van der Waals surface area contributed by atoms with E-state index in [1.54, 1.807) is 0 Å². The first-order valence-electron chi connectivity index (χ1n) is 2.90. The fourth-order valence-corrected chi connectivity index (χ4v) is 0.596. The minimum atomic E-state index is -0.459. The van der Waals surface area contributed by atoms with Crippen molar-refractivity contribution in [3.8, 4) is 0 Å². The highest BCUT2D eigenvalue weighted by molar-refractivity contribution is 5.85. The summed E-state index contributed by atoms with van der Waals surface area (Å²) in [6.07, 6.45) is 0. The molecule has 2 N–H and O–H groups in total. The third kappa shape index (κ3) is 4.55. The molecule has 1 aromatic rings. The number of nitrogens with two attached hydrogens (primary N) is 1. The van der Waals surface area contributed by atoms with Crippen molar-refractivity contribution in [1.82, 2.24) is 0 Å². The number of anilines is 1. The van der Waals surface area contributed by atoms with E-state index in [0.717, 1.165) is 0 Å². The molecule has 0 spiro atoms. The van der Waals surface area contributed by atoms with Gasteiger partial charge in [0.2, 0.25) is 0 Å². The monoisotopic (exact) mass is 202 g/mol. The van der Waals surface area contributed by atoms with Crippen molar-refractivity contribution in [2.24, 2.45) is 0 Å². The largest absolute Gasteiger partial charge is 0.399 e. The molecule has 0 aliphatic heterocycles. The molecule has 0 atom stereocenters. The first kappa shape index (κ1) is 13.7. The normalized spacial score (nSPS) is 7.23. The molecule has 13 heavy (non-hydrogen) atoms. The Hall–Kier alpha value is -1.87. The Morgan fingerprint density at radius 2 is 1.62 bits per heavy atom. The Balaban J connectivity index is 0. The molecule has 1 rings (SSSR count). The molecule has 6 nitrogen and oxygen atoms in total. The van der Waals surface area contributed by atoms with Crippen molar-refractivity contribution >= 4 is 23.8 Å². The molecule has 0 saturated heterocycles. The molecule has 0 radical (unpaired) electrons. The maximum Gasteiger partial charge on any atom is 0.269 e. The summed E-state index contributed by atoms with van der Waals surface area (Å²) in [5.74, 6) is 0. The van der Waals surface area contributed by atoms with Crippen LogP contribution < -0.4 is 5.73 Å². The van der Waals surface area contributed by atoms with Gasteiger partial charge in [-0.1, -0.05) is 0 Å². The topological polar surface area (TPSA) is 117 Å². The Morgan fingerprint density at radius 1 is 1.23 bits per heavy atom. The van der Waals surface area contributed by atoms with Gasteiger partial charge in [0.1, 0.15) is 0 Å². The van der Waals surface area contributed by atoms with Crippen LogP contribution in [0.2, 0.25) is 0 Å². The van der Waals surface area contributed by atoms with E-state index in [-0.39, 0.29) is 18.1 Å². The average Bonchev–Trinajstić information content (AvgIpc) is 2.09. The van der Waals surface area contributed by atoms with Crippen LogP contribution in [0.4, 0.5) is 11.4 Å². The van der Waals surface area contributed by atoms with Crippen molar-refractivity contribution in [3.63, 3.8) is 0 Å². The fraction of sp³-hybridized carbons (Fsp3) is 0. The molecular weight excluding hydrogens is 196 g/mol. The second kappa shape index (κ2) is 6.82. The molecular formula is C6H7ClN4O2. The van der Waals surface area contributed by atoms with Gasteiger partial charge in [-0.05, 0) is 12.1 Å². The number of nitro benzene ring substituents is 1. The number of non-ortho nitro benzene ring substituents is 1. The number of nitro groups is 1. The highest BCUT2D eigenvalue weighted by Gasteiger charge is 2.00. The number of nitrogens with zero attached hydrogens (tertiary/aromatic N) is 3. The molecule has 0 aliphatic carbocycles. The van der Waals surface area contributed by atoms with Gasteiger partial charge in [-0.3, -0.25) is 10.1 Å². The van der Waals surface area contributed by atoms with Crippen molar-refractivity contribution in [2.45, 2.75) is 0 Å². The van der Waals surface area contributed by atoms with Crippen molar-refractivity contribution in [3.05, 3.63) is 34.4 Å². The SMILES string of the molecule is Cl.N#N.Nc1ccc([N+](=O)[O-])cc1. The van der Waals surface area contributed by atoms with Gasteiger partial charge in [0.25, 0.3) is 5.69 Å². The lowest BCUT2D eigenvalue weighted by molar-refractivity contribution is -0.384. The summed E-state index contributed by atoms with van der Waals surface area (Å²) >= 11 is 0. The Labute approximate surface area is 80.3 Å². The fourth-order valence-electron chi connectivity index (χ4n) is 0.596. The smallest absolute Gasteiger partial charge is 0.269 e. The summed E-state index contributed by atoms with van der Waals surface area (Å²) < 4.78 is 0. The quantitative estimate of drug-likeness (QED) is 0.321. The maximum atomic E-state index is 10.1. The van der Waals surface area contributed by atoms with E-state index in [1.807, 2.05) is 0 Å². The van der Waals surface area contributed by atoms with Crippen LogP contribution in [-0.4, -0.2) is 4.92 Å². The van der Waals surface area contributed by atoms with Gasteiger partial charge in [0, 0.05) is 28.6 Å². The Kier molecular flexibility index (Phi) is 7.18. The molecule has 1 aromatic carbocycles. The van der Waals surface area contributed by atoms with Gasteiger partial charge in [0.05, 0.1) is 4.92 Å². The van der Waals surface area contributed by atoms with Gasteiger partial charge in [-0.15, -0.1) is 12.4 Å². The minimum Gasteiger partial charge on any atom is -0.399 e. The van der Waals surface area contributed by atoms with Gasteiger partial charge < -0.3 is 5.73 Å². The van der Waals surface area contributed by atoms with E-state index in [0.29, 0.717) is 5.69 Å². The predicted octanol–water partition coefficient (Wildman–Crippen LogP) is 1.63. The molecule has 7 heteroatoms. The number of benzene rings is 1. The molecule has 0 aliphatic rings. The lowest BCUT2D eigenvalue weighted by Crippen LogP contribution is -1.88. The van der Waals surface area contributed by atoms with Crippen LogP contribution in [0.15, 0.2) is 24.3 Å². The van der Waals surface area contributed by atoms with E-state index in [4.69, 9.17) is 16.5 Å². The zero-order valence-electron chi connectivity index (χ0n) is 6.45. The Bertz CT molecular complexity index is 284. The summed E-state index contributed by atoms with van der Waals surface area (Å²) in [7, 11) is 0. The summed E-state index contributed by atoms with van der Waals surface area (Å²) in [6, 6.07) is 5.74. The standard InChI is InChI=1S/C6H6N2O2.ClH.N2/c7-5-1-3-6(4-2-5)8(9)10;;1-2/h1-4H,7H2;1H;. The van der Waals surface area contributed by atoms with Crippen LogP contribution in [-0.2, 0) is 0 Å². The highest BCUT2D eigenvalue weighted by Crippen LogP contribution is 2.11. The second-order valence-corrected chi connectivity index (χ2v) is 1.85. The van der Waals surface area contributed by atoms with Crippen LogP contribution in [0.5, 0.6) is 0 Å². The number of hydrogen-bond donors (Lipinski definition) is 1. The van der Waals surface area contributed by atoms with Crippen molar-refractivity contribution in [1.29, 1.82) is 10.8 Å². The zero-order chi connectivity index (χ0) is 9.56. The Morgan fingerprint density at radius 3 is 1.92 bits per heavy atom. The zero-order valence-corrected chi connectivity index (χ0v) is 7.27. The maximum absolute atomic E-state index is 10.1. The summed E-state index contributed by atoms with van der Waals surface area (Å²) in [5, 5.41) is 22.1. The van der Waals surface area contributed by atoms with Crippen molar-refractivity contribution < 1.29 is 4.92 Å². The lowest BCUT2D eigenvalue weighted by Gasteiger charge is -1.90. The molecule has 0 aromatic heterocycles. The van der Waals surface area contributed by atoms with E-state index < -0.39 is 4.92 Å². The molecule has 0 unspecified atom stereocenters.